The van der Waals surface area contributed by atoms with Crippen LogP contribution in [0.2, 0.25) is 0 Å². The molecule has 0 atom stereocenters. The summed E-state index contributed by atoms with van der Waals surface area (Å²) in [5.74, 6) is -0.910. The number of carbonyl (C=O) groups excluding carboxylic acids is 2. The van der Waals surface area contributed by atoms with E-state index < -0.39 is 11.9 Å². The summed E-state index contributed by atoms with van der Waals surface area (Å²) in [7, 11) is 0. The average molecular weight is 287 g/mol. The first-order valence-electron chi connectivity index (χ1n) is 6.65. The third kappa shape index (κ3) is 3.92. The normalized spacial score (nSPS) is 10.3. The van der Waals surface area contributed by atoms with E-state index in [0.717, 1.165) is 11.4 Å². The van der Waals surface area contributed by atoms with Crippen LogP contribution >= 0.6 is 0 Å². The fourth-order valence-electron chi connectivity index (χ4n) is 1.89. The number of primary amides is 1. The van der Waals surface area contributed by atoms with Crippen LogP contribution in [0.15, 0.2) is 36.4 Å². The van der Waals surface area contributed by atoms with Gasteiger partial charge in [0, 0.05) is 12.1 Å². The summed E-state index contributed by atoms with van der Waals surface area (Å²) in [6, 6.07) is 11.2. The van der Waals surface area contributed by atoms with Crippen molar-refractivity contribution in [2.75, 3.05) is 6.61 Å². The topological polar surface area (TPSA) is 87.2 Å². The second-order valence-electron chi connectivity index (χ2n) is 4.62. The lowest BCUT2D eigenvalue weighted by Gasteiger charge is -2.03. The van der Waals surface area contributed by atoms with E-state index in [4.69, 9.17) is 10.5 Å². The Hall–Kier alpha value is -2.63. The van der Waals surface area contributed by atoms with E-state index in [0.29, 0.717) is 6.42 Å². The summed E-state index contributed by atoms with van der Waals surface area (Å²) in [6.45, 7) is 2.02. The molecule has 21 heavy (non-hydrogen) atoms. The number of para-hydroxylation sites is 1. The molecule has 6 nitrogen and oxygen atoms in total. The number of amides is 1. The molecule has 0 aliphatic carbocycles. The van der Waals surface area contributed by atoms with Gasteiger partial charge in [-0.1, -0.05) is 18.2 Å². The number of hydrogen-bond acceptors (Lipinski definition) is 4. The van der Waals surface area contributed by atoms with Crippen LogP contribution in [0.4, 0.5) is 0 Å². The maximum atomic E-state index is 11.9. The Labute approximate surface area is 122 Å². The molecule has 0 saturated carbocycles. The van der Waals surface area contributed by atoms with E-state index in [9.17, 15) is 9.59 Å². The molecule has 0 aliphatic heterocycles. The van der Waals surface area contributed by atoms with Gasteiger partial charge < -0.3 is 10.5 Å². The van der Waals surface area contributed by atoms with Crippen molar-refractivity contribution in [1.29, 1.82) is 0 Å². The molecule has 1 heterocycles. The molecule has 0 unspecified atom stereocenters. The van der Waals surface area contributed by atoms with Gasteiger partial charge >= 0.3 is 5.97 Å². The van der Waals surface area contributed by atoms with Gasteiger partial charge in [-0.05, 0) is 31.5 Å². The number of nitrogens with zero attached hydrogens (tertiary/aromatic N) is 2. The lowest BCUT2D eigenvalue weighted by Crippen LogP contribution is -2.13. The summed E-state index contributed by atoms with van der Waals surface area (Å²) in [6.07, 6.45) is 0.615. The highest BCUT2D eigenvalue weighted by Crippen LogP contribution is 2.12. The van der Waals surface area contributed by atoms with Crippen LogP contribution in [0, 0.1) is 6.92 Å². The summed E-state index contributed by atoms with van der Waals surface area (Å²) < 4.78 is 6.74. The van der Waals surface area contributed by atoms with Crippen LogP contribution in [-0.4, -0.2) is 28.3 Å². The van der Waals surface area contributed by atoms with Gasteiger partial charge in [0.25, 0.3) is 0 Å². The molecule has 1 aromatic heterocycles. The number of aromatic nitrogens is 2. The first-order valence-corrected chi connectivity index (χ1v) is 6.65. The van der Waals surface area contributed by atoms with E-state index in [2.05, 4.69) is 5.10 Å². The molecule has 6 heteroatoms. The van der Waals surface area contributed by atoms with Crippen molar-refractivity contribution >= 4 is 11.9 Å². The largest absolute Gasteiger partial charge is 0.461 e. The molecular formula is C15H17N3O3. The first-order chi connectivity index (χ1) is 10.1. The maximum Gasteiger partial charge on any atom is 0.358 e. The molecule has 2 rings (SSSR count). The third-order valence-corrected chi connectivity index (χ3v) is 2.90. The van der Waals surface area contributed by atoms with Gasteiger partial charge in [0.1, 0.15) is 0 Å². The van der Waals surface area contributed by atoms with E-state index in [1.807, 2.05) is 37.3 Å². The molecule has 2 N–H and O–H groups in total. The van der Waals surface area contributed by atoms with Crippen molar-refractivity contribution in [2.24, 2.45) is 5.73 Å². The molecule has 0 saturated heterocycles. The molecule has 0 spiro atoms. The van der Waals surface area contributed by atoms with E-state index >= 15 is 0 Å². The van der Waals surface area contributed by atoms with Crippen molar-refractivity contribution < 1.29 is 14.3 Å². The molecule has 2 aromatic rings. The molecule has 0 bridgehead atoms. The molecule has 110 valence electrons. The Bertz CT molecular complexity index is 635. The minimum absolute atomic E-state index is 0.152. The van der Waals surface area contributed by atoms with Gasteiger partial charge in [0.15, 0.2) is 5.69 Å². The monoisotopic (exact) mass is 287 g/mol. The van der Waals surface area contributed by atoms with E-state index in [1.165, 1.54) is 0 Å². The highest BCUT2D eigenvalue weighted by atomic mass is 16.5. The zero-order chi connectivity index (χ0) is 15.2. The molecule has 1 amide bonds. The summed E-state index contributed by atoms with van der Waals surface area (Å²) >= 11 is 0. The zero-order valence-corrected chi connectivity index (χ0v) is 11.8. The second-order valence-corrected chi connectivity index (χ2v) is 4.62. The Morgan fingerprint density at radius 3 is 2.67 bits per heavy atom. The van der Waals surface area contributed by atoms with Crippen LogP contribution in [0.3, 0.4) is 0 Å². The Balaban J connectivity index is 2.01. The van der Waals surface area contributed by atoms with E-state index in [-0.39, 0.29) is 18.7 Å². The smallest absolute Gasteiger partial charge is 0.358 e. The second kappa shape index (κ2) is 6.69. The fraction of sp³-hybridized carbons (Fsp3) is 0.267. The SMILES string of the molecule is Cc1cc(C(=O)OCCCC(N)=O)nn1-c1ccccc1. The van der Waals surface area contributed by atoms with E-state index in [1.54, 1.807) is 10.7 Å². The highest BCUT2D eigenvalue weighted by Gasteiger charge is 2.14. The zero-order valence-electron chi connectivity index (χ0n) is 11.8. The fourth-order valence-corrected chi connectivity index (χ4v) is 1.89. The minimum Gasteiger partial charge on any atom is -0.461 e. The summed E-state index contributed by atoms with van der Waals surface area (Å²) in [4.78, 5) is 22.5. The van der Waals surface area contributed by atoms with Gasteiger partial charge in [-0.15, -0.1) is 0 Å². The number of rotatable bonds is 6. The molecule has 0 fully saturated rings. The molecule has 0 radical (unpaired) electrons. The molecular weight excluding hydrogens is 270 g/mol. The predicted octanol–water partition coefficient (Wildman–Crippen LogP) is 1.60. The first kappa shape index (κ1) is 14.8. The Kier molecular flexibility index (Phi) is 4.71. The summed E-state index contributed by atoms with van der Waals surface area (Å²) in [5.41, 5.74) is 6.97. The average Bonchev–Trinajstić information content (AvgIpc) is 2.86. The van der Waals surface area contributed by atoms with Crippen LogP contribution in [0.1, 0.15) is 29.0 Å². The number of aryl methyl sites for hydroxylation is 1. The highest BCUT2D eigenvalue weighted by molar-refractivity contribution is 5.87. The Morgan fingerprint density at radius 1 is 1.29 bits per heavy atom. The van der Waals surface area contributed by atoms with Gasteiger partial charge in [-0.2, -0.15) is 5.10 Å². The van der Waals surface area contributed by atoms with Crippen molar-refractivity contribution in [2.45, 2.75) is 19.8 Å². The lowest BCUT2D eigenvalue weighted by molar-refractivity contribution is -0.118. The summed E-state index contributed by atoms with van der Waals surface area (Å²) in [5, 5.41) is 4.24. The van der Waals surface area contributed by atoms with Gasteiger partial charge in [0.05, 0.1) is 12.3 Å². The number of hydrogen-bond donors (Lipinski definition) is 1. The van der Waals surface area contributed by atoms with Crippen LogP contribution < -0.4 is 5.73 Å². The van der Waals surface area contributed by atoms with Crippen molar-refractivity contribution in [3.05, 3.63) is 47.8 Å². The minimum atomic E-state index is -0.503. The van der Waals surface area contributed by atoms with Crippen molar-refractivity contribution in [3.63, 3.8) is 0 Å². The number of benzene rings is 1. The van der Waals surface area contributed by atoms with Crippen molar-refractivity contribution in [1.82, 2.24) is 9.78 Å². The Morgan fingerprint density at radius 2 is 2.00 bits per heavy atom. The molecule has 0 aliphatic rings. The third-order valence-electron chi connectivity index (χ3n) is 2.90. The molecule has 1 aromatic carbocycles. The van der Waals surface area contributed by atoms with Crippen LogP contribution in [-0.2, 0) is 9.53 Å². The van der Waals surface area contributed by atoms with Crippen LogP contribution in [0.25, 0.3) is 5.69 Å². The number of nitrogens with two attached hydrogens (primary N) is 1. The number of ether oxygens (including phenoxy) is 1. The van der Waals surface area contributed by atoms with Gasteiger partial charge in [0.2, 0.25) is 5.91 Å². The number of esters is 1. The van der Waals surface area contributed by atoms with Gasteiger partial charge in [-0.25, -0.2) is 9.48 Å². The predicted molar refractivity (Wildman–Crippen MR) is 77.0 cm³/mol. The maximum absolute atomic E-state index is 11.9. The van der Waals surface area contributed by atoms with Crippen molar-refractivity contribution in [3.8, 4) is 5.69 Å². The van der Waals surface area contributed by atoms with Gasteiger partial charge in [-0.3, -0.25) is 4.79 Å². The standard InChI is InChI=1S/C15H17N3O3/c1-11-10-13(15(20)21-9-5-8-14(16)19)17-18(11)12-6-3-2-4-7-12/h2-4,6-7,10H,5,8-9H2,1H3,(H2,16,19). The lowest BCUT2D eigenvalue weighted by atomic mass is 10.3. The van der Waals surface area contributed by atoms with Crippen LogP contribution in [0.5, 0.6) is 0 Å². The number of carbonyl (C=O) groups is 2. The quantitative estimate of drug-likeness (QED) is 0.645.